The van der Waals surface area contributed by atoms with Gasteiger partial charge in [0, 0.05) is 13.0 Å². The van der Waals surface area contributed by atoms with Gasteiger partial charge in [0.25, 0.3) is 11.8 Å². The summed E-state index contributed by atoms with van der Waals surface area (Å²) in [5.74, 6) is -2.94. The van der Waals surface area contributed by atoms with Crippen LogP contribution in [0.3, 0.4) is 0 Å². The number of imide groups is 1. The first-order chi connectivity index (χ1) is 10.1. The number of benzene rings is 1. The van der Waals surface area contributed by atoms with Gasteiger partial charge < -0.3 is 10.2 Å². The predicted octanol–water partition coefficient (Wildman–Crippen LogP) is 0.267. The molecule has 0 bridgehead atoms. The van der Waals surface area contributed by atoms with Crippen molar-refractivity contribution < 1.29 is 24.0 Å². The van der Waals surface area contributed by atoms with Crippen LogP contribution in [0.1, 0.15) is 33.6 Å². The molecule has 1 atom stereocenters. The lowest BCUT2D eigenvalue weighted by Crippen LogP contribution is -2.40. The van der Waals surface area contributed by atoms with Crippen LogP contribution in [0.4, 0.5) is 0 Å². The minimum atomic E-state index is -0.737. The van der Waals surface area contributed by atoms with Crippen LogP contribution in [0.15, 0.2) is 24.3 Å². The largest absolute Gasteiger partial charge is 0.356 e. The molecule has 0 radical (unpaired) electrons. The maximum Gasteiger partial charge on any atom is 0.336 e. The number of carbonyl (C=O) groups is 4. The van der Waals surface area contributed by atoms with E-state index >= 15 is 0 Å². The molecule has 1 unspecified atom stereocenters. The number of hydrogen-bond donors (Lipinski definition) is 1. The third-order valence-electron chi connectivity index (χ3n) is 3.52. The maximum atomic E-state index is 12.0. The van der Waals surface area contributed by atoms with Gasteiger partial charge in [-0.05, 0) is 18.6 Å². The van der Waals surface area contributed by atoms with Crippen molar-refractivity contribution >= 4 is 23.7 Å². The lowest BCUT2D eigenvalue weighted by atomic mass is 9.98. The highest BCUT2D eigenvalue weighted by molar-refractivity contribution is 6.20. The highest BCUT2D eigenvalue weighted by Crippen LogP contribution is 2.24. The van der Waals surface area contributed by atoms with E-state index in [1.807, 2.05) is 0 Å². The molecule has 0 aliphatic carbocycles. The van der Waals surface area contributed by atoms with Crippen molar-refractivity contribution in [2.24, 2.45) is 5.92 Å². The molecule has 108 valence electrons. The number of nitrogens with zero attached hydrogens (tertiary/aromatic N) is 1. The SMILES string of the molecule is O=C1CC(C(=O)ON2C(=O)c3ccccc3C2=O)CCN1. The van der Waals surface area contributed by atoms with Gasteiger partial charge in [0.05, 0.1) is 17.0 Å². The number of hydroxylamine groups is 2. The molecule has 1 aromatic carbocycles. The van der Waals surface area contributed by atoms with E-state index in [0.717, 1.165) is 0 Å². The molecule has 21 heavy (non-hydrogen) atoms. The van der Waals surface area contributed by atoms with Gasteiger partial charge in [0.2, 0.25) is 5.91 Å². The topological polar surface area (TPSA) is 92.8 Å². The van der Waals surface area contributed by atoms with Crippen molar-refractivity contribution in [1.82, 2.24) is 10.4 Å². The summed E-state index contributed by atoms with van der Waals surface area (Å²) in [5.41, 5.74) is 0.411. The van der Waals surface area contributed by atoms with Crippen LogP contribution in [0.5, 0.6) is 0 Å². The van der Waals surface area contributed by atoms with E-state index in [1.165, 1.54) is 12.1 Å². The van der Waals surface area contributed by atoms with Crippen molar-refractivity contribution in [1.29, 1.82) is 0 Å². The molecular formula is C14H12N2O5. The summed E-state index contributed by atoms with van der Waals surface area (Å²) >= 11 is 0. The fourth-order valence-corrected chi connectivity index (χ4v) is 2.40. The van der Waals surface area contributed by atoms with Crippen LogP contribution in [0.2, 0.25) is 0 Å². The Morgan fingerprint density at radius 3 is 2.33 bits per heavy atom. The Kier molecular flexibility index (Phi) is 3.17. The molecule has 1 aromatic rings. The summed E-state index contributed by atoms with van der Waals surface area (Å²) in [7, 11) is 0. The van der Waals surface area contributed by atoms with Gasteiger partial charge in [0.15, 0.2) is 0 Å². The smallest absolute Gasteiger partial charge is 0.336 e. The molecule has 3 amide bonds. The second-order valence-corrected chi connectivity index (χ2v) is 4.90. The van der Waals surface area contributed by atoms with Crippen LogP contribution >= 0.6 is 0 Å². The molecule has 2 aliphatic heterocycles. The number of hydrogen-bond acceptors (Lipinski definition) is 5. The van der Waals surface area contributed by atoms with Crippen LogP contribution < -0.4 is 5.32 Å². The monoisotopic (exact) mass is 288 g/mol. The Balaban J connectivity index is 1.74. The van der Waals surface area contributed by atoms with Crippen LogP contribution in [-0.4, -0.2) is 35.3 Å². The fraction of sp³-hybridized carbons (Fsp3) is 0.286. The minimum Gasteiger partial charge on any atom is -0.356 e. The molecule has 7 heteroatoms. The predicted molar refractivity (Wildman–Crippen MR) is 68.8 cm³/mol. The Bertz CT molecular complexity index is 620. The van der Waals surface area contributed by atoms with Crippen molar-refractivity contribution in [3.63, 3.8) is 0 Å². The van der Waals surface area contributed by atoms with E-state index in [4.69, 9.17) is 4.84 Å². The van der Waals surface area contributed by atoms with Gasteiger partial charge in [0.1, 0.15) is 0 Å². The van der Waals surface area contributed by atoms with Gasteiger partial charge in [-0.2, -0.15) is 0 Å². The molecule has 1 fully saturated rings. The van der Waals surface area contributed by atoms with E-state index in [9.17, 15) is 19.2 Å². The van der Waals surface area contributed by atoms with Crippen LogP contribution in [-0.2, 0) is 14.4 Å². The number of nitrogens with one attached hydrogen (secondary N) is 1. The van der Waals surface area contributed by atoms with Crippen molar-refractivity contribution in [2.45, 2.75) is 12.8 Å². The third kappa shape index (κ3) is 2.26. The zero-order chi connectivity index (χ0) is 15.0. The summed E-state index contributed by atoms with van der Waals surface area (Å²) in [4.78, 5) is 52.2. The molecule has 0 spiro atoms. The van der Waals surface area contributed by atoms with Crippen LogP contribution in [0.25, 0.3) is 0 Å². The summed E-state index contributed by atoms with van der Waals surface area (Å²) in [5, 5.41) is 3.07. The number of rotatable bonds is 2. The zero-order valence-corrected chi connectivity index (χ0v) is 11.0. The van der Waals surface area contributed by atoms with Gasteiger partial charge in [-0.1, -0.05) is 17.2 Å². The third-order valence-corrected chi connectivity index (χ3v) is 3.52. The standard InChI is InChI=1S/C14H12N2O5/c17-11-7-8(5-6-15-11)14(20)21-16-12(18)9-3-1-2-4-10(9)13(16)19/h1-4,8H,5-7H2,(H,15,17). The van der Waals surface area contributed by atoms with E-state index in [0.29, 0.717) is 18.0 Å². The number of carbonyl (C=O) groups excluding carboxylic acids is 4. The molecule has 0 aromatic heterocycles. The van der Waals surface area contributed by atoms with Crippen molar-refractivity contribution in [2.75, 3.05) is 6.54 Å². The second-order valence-electron chi connectivity index (χ2n) is 4.90. The minimum absolute atomic E-state index is 0.00199. The molecule has 7 nitrogen and oxygen atoms in total. The normalized spacial score (nSPS) is 21.0. The Morgan fingerprint density at radius 2 is 1.76 bits per heavy atom. The van der Waals surface area contributed by atoms with Gasteiger partial charge >= 0.3 is 5.97 Å². The van der Waals surface area contributed by atoms with Crippen LogP contribution in [0, 0.1) is 5.92 Å². The highest BCUT2D eigenvalue weighted by Gasteiger charge is 2.40. The number of fused-ring (bicyclic) bond motifs is 1. The first-order valence-electron chi connectivity index (χ1n) is 6.54. The van der Waals surface area contributed by atoms with E-state index in [1.54, 1.807) is 12.1 Å². The van der Waals surface area contributed by atoms with E-state index < -0.39 is 23.7 Å². The highest BCUT2D eigenvalue weighted by atomic mass is 16.7. The first kappa shape index (κ1) is 13.3. The lowest BCUT2D eigenvalue weighted by molar-refractivity contribution is -0.175. The zero-order valence-electron chi connectivity index (χ0n) is 11.0. The average Bonchev–Trinajstić information content (AvgIpc) is 2.73. The fourth-order valence-electron chi connectivity index (χ4n) is 2.40. The van der Waals surface area contributed by atoms with Crippen molar-refractivity contribution in [3.8, 4) is 0 Å². The quantitative estimate of drug-likeness (QED) is 0.788. The van der Waals surface area contributed by atoms with Gasteiger partial charge in [-0.25, -0.2) is 4.79 Å². The molecular weight excluding hydrogens is 276 g/mol. The van der Waals surface area contributed by atoms with Gasteiger partial charge in [-0.3, -0.25) is 14.4 Å². The Hall–Kier alpha value is -2.70. The molecule has 1 N–H and O–H groups in total. The van der Waals surface area contributed by atoms with E-state index in [2.05, 4.69) is 5.32 Å². The Labute approximate surface area is 119 Å². The molecule has 2 heterocycles. The van der Waals surface area contributed by atoms with E-state index in [-0.39, 0.29) is 23.5 Å². The lowest BCUT2D eigenvalue weighted by Gasteiger charge is -2.22. The van der Waals surface area contributed by atoms with Gasteiger partial charge in [-0.15, -0.1) is 0 Å². The second kappa shape index (κ2) is 5.01. The summed E-state index contributed by atoms with van der Waals surface area (Å²) < 4.78 is 0. The molecule has 2 aliphatic rings. The number of piperidine rings is 1. The first-order valence-corrected chi connectivity index (χ1v) is 6.54. The number of amides is 3. The summed E-state index contributed by atoms with van der Waals surface area (Å²) in [6.07, 6.45) is 0.426. The summed E-state index contributed by atoms with van der Waals surface area (Å²) in [6, 6.07) is 6.25. The maximum absolute atomic E-state index is 12.0. The molecule has 3 rings (SSSR count). The Morgan fingerprint density at radius 1 is 1.14 bits per heavy atom. The average molecular weight is 288 g/mol. The summed E-state index contributed by atoms with van der Waals surface area (Å²) in [6.45, 7) is 0.376. The molecule has 1 saturated heterocycles. The van der Waals surface area contributed by atoms with Crippen molar-refractivity contribution in [3.05, 3.63) is 35.4 Å². The molecule has 0 saturated carbocycles.